The lowest BCUT2D eigenvalue weighted by molar-refractivity contribution is -0.122. The van der Waals surface area contributed by atoms with E-state index in [1.165, 1.54) is 0 Å². The minimum Gasteiger partial charge on any atom is -0.497 e. The topological polar surface area (TPSA) is 73.6 Å². The van der Waals surface area contributed by atoms with Gasteiger partial charge in [-0.05, 0) is 18.2 Å². The second kappa shape index (κ2) is 7.34. The Balaban J connectivity index is 2.61. The van der Waals surface area contributed by atoms with Crippen LogP contribution < -0.4 is 20.5 Å². The zero-order valence-electron chi connectivity index (χ0n) is 10.4. The summed E-state index contributed by atoms with van der Waals surface area (Å²) in [6.07, 6.45) is 1.61. The second-order valence-electron chi connectivity index (χ2n) is 3.56. The van der Waals surface area contributed by atoms with Crippen LogP contribution in [0.5, 0.6) is 11.5 Å². The van der Waals surface area contributed by atoms with E-state index in [-0.39, 0.29) is 12.5 Å². The van der Waals surface area contributed by atoms with Crippen molar-refractivity contribution in [1.82, 2.24) is 5.32 Å². The molecule has 1 aromatic rings. The maximum Gasteiger partial charge on any atom is 0.258 e. The van der Waals surface area contributed by atoms with Crippen LogP contribution in [0.3, 0.4) is 0 Å². The molecule has 1 amide bonds. The van der Waals surface area contributed by atoms with Crippen LogP contribution in [-0.2, 0) is 11.3 Å². The molecule has 0 heterocycles. The summed E-state index contributed by atoms with van der Waals surface area (Å²) in [6.45, 7) is 4.21. The smallest absolute Gasteiger partial charge is 0.258 e. The van der Waals surface area contributed by atoms with Gasteiger partial charge < -0.3 is 20.5 Å². The van der Waals surface area contributed by atoms with Crippen LogP contribution in [0.2, 0.25) is 0 Å². The molecule has 0 saturated heterocycles. The molecule has 0 radical (unpaired) electrons. The van der Waals surface area contributed by atoms with E-state index in [0.717, 1.165) is 5.56 Å². The third-order valence-corrected chi connectivity index (χ3v) is 2.29. The van der Waals surface area contributed by atoms with Crippen molar-refractivity contribution in [3.8, 4) is 11.5 Å². The molecule has 3 N–H and O–H groups in total. The summed E-state index contributed by atoms with van der Waals surface area (Å²) in [4.78, 5) is 11.4. The first-order chi connectivity index (χ1) is 8.71. The van der Waals surface area contributed by atoms with Gasteiger partial charge in [-0.1, -0.05) is 6.08 Å². The average molecular weight is 250 g/mol. The predicted molar refractivity (Wildman–Crippen MR) is 69.6 cm³/mol. The molecule has 1 aromatic carbocycles. The molecule has 0 aliphatic carbocycles. The number of carbonyl (C=O) groups excluding carboxylic acids is 1. The molecule has 0 unspecified atom stereocenters. The highest BCUT2D eigenvalue weighted by molar-refractivity contribution is 5.77. The molecule has 0 bridgehead atoms. The molecular formula is C13H18N2O3. The fourth-order valence-electron chi connectivity index (χ4n) is 1.36. The van der Waals surface area contributed by atoms with Crippen molar-refractivity contribution in [3.05, 3.63) is 36.4 Å². The zero-order valence-corrected chi connectivity index (χ0v) is 10.4. The highest BCUT2D eigenvalue weighted by atomic mass is 16.5. The van der Waals surface area contributed by atoms with Gasteiger partial charge in [0.05, 0.1) is 7.11 Å². The van der Waals surface area contributed by atoms with E-state index < -0.39 is 0 Å². The number of rotatable bonds is 7. The van der Waals surface area contributed by atoms with Crippen LogP contribution in [0.15, 0.2) is 30.9 Å². The van der Waals surface area contributed by atoms with Gasteiger partial charge in [-0.15, -0.1) is 6.58 Å². The summed E-state index contributed by atoms with van der Waals surface area (Å²) in [5, 5.41) is 2.62. The number of amides is 1. The number of hydrogen-bond acceptors (Lipinski definition) is 4. The first-order valence-electron chi connectivity index (χ1n) is 5.58. The lowest BCUT2D eigenvalue weighted by atomic mass is 10.2. The number of nitrogens with two attached hydrogens (primary N) is 1. The summed E-state index contributed by atoms with van der Waals surface area (Å²) in [5.41, 5.74) is 6.41. The van der Waals surface area contributed by atoms with Gasteiger partial charge in [0.25, 0.3) is 5.91 Å². The molecule has 0 spiro atoms. The minimum absolute atomic E-state index is 0.0484. The van der Waals surface area contributed by atoms with Gasteiger partial charge in [-0.3, -0.25) is 4.79 Å². The van der Waals surface area contributed by atoms with Crippen LogP contribution in [0.25, 0.3) is 0 Å². The van der Waals surface area contributed by atoms with Crippen molar-refractivity contribution in [2.75, 3.05) is 20.3 Å². The third-order valence-electron chi connectivity index (χ3n) is 2.29. The van der Waals surface area contributed by atoms with Crippen molar-refractivity contribution in [1.29, 1.82) is 0 Å². The number of carbonyl (C=O) groups is 1. The molecule has 5 heteroatoms. The Morgan fingerprint density at radius 3 is 2.94 bits per heavy atom. The molecule has 0 fully saturated rings. The largest absolute Gasteiger partial charge is 0.497 e. The van der Waals surface area contributed by atoms with Gasteiger partial charge in [-0.2, -0.15) is 0 Å². The Morgan fingerprint density at radius 2 is 2.33 bits per heavy atom. The third kappa shape index (κ3) is 4.10. The number of methoxy groups -OCH3 is 1. The molecule has 5 nitrogen and oxygen atoms in total. The molecule has 0 aromatic heterocycles. The Kier molecular flexibility index (Phi) is 5.73. The Bertz CT molecular complexity index is 419. The molecule has 0 aliphatic heterocycles. The minimum atomic E-state index is -0.200. The SMILES string of the molecule is C=CCNC(=O)COc1ccc(OC)cc1CN. The van der Waals surface area contributed by atoms with Gasteiger partial charge in [-0.25, -0.2) is 0 Å². The number of benzene rings is 1. The fraction of sp³-hybridized carbons (Fsp3) is 0.308. The Hall–Kier alpha value is -2.01. The zero-order chi connectivity index (χ0) is 13.4. The summed E-state index contributed by atoms with van der Waals surface area (Å²) >= 11 is 0. The maximum absolute atomic E-state index is 11.4. The van der Waals surface area contributed by atoms with Crippen molar-refractivity contribution in [3.63, 3.8) is 0 Å². The molecule has 0 saturated carbocycles. The van der Waals surface area contributed by atoms with Crippen molar-refractivity contribution >= 4 is 5.91 Å². The van der Waals surface area contributed by atoms with Gasteiger partial charge in [0, 0.05) is 18.7 Å². The molecule has 0 atom stereocenters. The lowest BCUT2D eigenvalue weighted by Crippen LogP contribution is -2.29. The van der Waals surface area contributed by atoms with Crippen LogP contribution in [0, 0.1) is 0 Å². The number of ether oxygens (including phenoxy) is 2. The molecule has 0 aliphatic rings. The molecular weight excluding hydrogens is 232 g/mol. The van der Waals surface area contributed by atoms with Gasteiger partial charge >= 0.3 is 0 Å². The first-order valence-corrected chi connectivity index (χ1v) is 5.58. The summed E-state index contributed by atoms with van der Waals surface area (Å²) in [5.74, 6) is 1.10. The normalized spacial score (nSPS) is 9.67. The summed E-state index contributed by atoms with van der Waals surface area (Å²) in [6, 6.07) is 5.29. The molecule has 1 rings (SSSR count). The average Bonchev–Trinajstić information content (AvgIpc) is 2.42. The first kappa shape index (κ1) is 14.1. The summed E-state index contributed by atoms with van der Waals surface area (Å²) in [7, 11) is 1.58. The van der Waals surface area contributed by atoms with Gasteiger partial charge in [0.2, 0.25) is 0 Å². The van der Waals surface area contributed by atoms with Crippen LogP contribution in [0.4, 0.5) is 0 Å². The Morgan fingerprint density at radius 1 is 1.56 bits per heavy atom. The lowest BCUT2D eigenvalue weighted by Gasteiger charge is -2.11. The van der Waals surface area contributed by atoms with E-state index >= 15 is 0 Å². The van der Waals surface area contributed by atoms with Crippen LogP contribution in [0.1, 0.15) is 5.56 Å². The van der Waals surface area contributed by atoms with Gasteiger partial charge in [0.1, 0.15) is 11.5 Å². The number of hydrogen-bond donors (Lipinski definition) is 2. The van der Waals surface area contributed by atoms with E-state index in [2.05, 4.69) is 11.9 Å². The van der Waals surface area contributed by atoms with Crippen molar-refractivity contribution in [2.45, 2.75) is 6.54 Å². The second-order valence-corrected chi connectivity index (χ2v) is 3.56. The van der Waals surface area contributed by atoms with E-state index in [9.17, 15) is 4.79 Å². The van der Waals surface area contributed by atoms with E-state index in [0.29, 0.717) is 24.6 Å². The fourth-order valence-corrected chi connectivity index (χ4v) is 1.36. The highest BCUT2D eigenvalue weighted by Crippen LogP contribution is 2.23. The standard InChI is InChI=1S/C13H18N2O3/c1-3-6-15-13(16)9-18-12-5-4-11(17-2)7-10(12)8-14/h3-5,7H,1,6,8-9,14H2,2H3,(H,15,16). The highest BCUT2D eigenvalue weighted by Gasteiger charge is 2.06. The molecule has 98 valence electrons. The summed E-state index contributed by atoms with van der Waals surface area (Å²) < 4.78 is 10.5. The van der Waals surface area contributed by atoms with Crippen molar-refractivity contribution < 1.29 is 14.3 Å². The predicted octanol–water partition coefficient (Wildman–Crippen LogP) is 0.835. The monoisotopic (exact) mass is 250 g/mol. The van der Waals surface area contributed by atoms with Crippen molar-refractivity contribution in [2.24, 2.45) is 5.73 Å². The number of nitrogens with one attached hydrogen (secondary N) is 1. The van der Waals surface area contributed by atoms with E-state index in [1.807, 2.05) is 0 Å². The Labute approximate surface area is 107 Å². The molecule has 18 heavy (non-hydrogen) atoms. The van der Waals surface area contributed by atoms with Gasteiger partial charge in [0.15, 0.2) is 6.61 Å². The maximum atomic E-state index is 11.4. The van der Waals surface area contributed by atoms with Crippen LogP contribution in [-0.4, -0.2) is 26.2 Å². The van der Waals surface area contributed by atoms with Crippen LogP contribution >= 0.6 is 0 Å². The quantitative estimate of drug-likeness (QED) is 0.703. The van der Waals surface area contributed by atoms with E-state index in [1.54, 1.807) is 31.4 Å². The van der Waals surface area contributed by atoms with E-state index in [4.69, 9.17) is 15.2 Å².